The van der Waals surface area contributed by atoms with Crippen LogP contribution in [-0.2, 0) is 10.0 Å². The van der Waals surface area contributed by atoms with E-state index in [0.29, 0.717) is 0 Å². The van der Waals surface area contributed by atoms with Crippen LogP contribution in [0, 0.1) is 12.3 Å². The van der Waals surface area contributed by atoms with Gasteiger partial charge >= 0.3 is 0 Å². The molecule has 1 atom stereocenters. The predicted octanol–water partition coefficient (Wildman–Crippen LogP) is 3.08. The maximum atomic E-state index is 13.3. The van der Waals surface area contributed by atoms with Crippen molar-refractivity contribution in [2.45, 2.75) is 45.1 Å². The van der Waals surface area contributed by atoms with Crippen LogP contribution in [0.2, 0.25) is 0 Å². The summed E-state index contributed by atoms with van der Waals surface area (Å²) in [7, 11) is -4.06. The van der Waals surface area contributed by atoms with E-state index in [2.05, 4.69) is 4.99 Å². The SMILES string of the molecule is Cc1ccc(S(=O)(=O)N2C(C(C)(C)C)=NCC2C(F)F)cc1. The monoisotopic (exact) mass is 330 g/mol. The van der Waals surface area contributed by atoms with E-state index >= 15 is 0 Å². The molecule has 0 aliphatic carbocycles. The zero-order chi connectivity index (χ0) is 16.7. The van der Waals surface area contributed by atoms with Crippen LogP contribution in [-0.4, -0.2) is 37.6 Å². The zero-order valence-corrected chi connectivity index (χ0v) is 13.9. The maximum Gasteiger partial charge on any atom is 0.265 e. The molecule has 22 heavy (non-hydrogen) atoms. The Labute approximate surface area is 129 Å². The summed E-state index contributed by atoms with van der Waals surface area (Å²) < 4.78 is 53.0. The topological polar surface area (TPSA) is 49.7 Å². The molecular weight excluding hydrogens is 310 g/mol. The molecule has 1 aliphatic rings. The molecule has 0 aromatic heterocycles. The minimum Gasteiger partial charge on any atom is -0.269 e. The Morgan fingerprint density at radius 2 is 1.77 bits per heavy atom. The van der Waals surface area contributed by atoms with Crippen LogP contribution in [0.15, 0.2) is 34.2 Å². The van der Waals surface area contributed by atoms with Crippen LogP contribution >= 0.6 is 0 Å². The molecule has 0 spiro atoms. The van der Waals surface area contributed by atoms with Crippen molar-refractivity contribution in [1.82, 2.24) is 4.31 Å². The highest BCUT2D eigenvalue weighted by Gasteiger charge is 2.46. The van der Waals surface area contributed by atoms with Crippen LogP contribution in [0.1, 0.15) is 26.3 Å². The summed E-state index contributed by atoms with van der Waals surface area (Å²) >= 11 is 0. The fraction of sp³-hybridized carbons (Fsp3) is 0.533. The summed E-state index contributed by atoms with van der Waals surface area (Å²) in [4.78, 5) is 4.09. The lowest BCUT2D eigenvalue weighted by Crippen LogP contribution is -2.48. The molecule has 0 N–H and O–H groups in total. The number of benzene rings is 1. The van der Waals surface area contributed by atoms with Gasteiger partial charge in [-0.05, 0) is 19.1 Å². The smallest absolute Gasteiger partial charge is 0.265 e. The summed E-state index contributed by atoms with van der Waals surface area (Å²) in [6, 6.07) is 4.72. The van der Waals surface area contributed by atoms with Crippen LogP contribution < -0.4 is 0 Å². The van der Waals surface area contributed by atoms with Gasteiger partial charge in [0.2, 0.25) is 0 Å². The normalized spacial score (nSPS) is 19.7. The number of rotatable bonds is 3. The number of sulfonamides is 1. The largest absolute Gasteiger partial charge is 0.269 e. The van der Waals surface area contributed by atoms with Gasteiger partial charge in [-0.25, -0.2) is 21.5 Å². The molecular formula is C15H20F2N2O2S. The number of nitrogens with zero attached hydrogens (tertiary/aromatic N) is 2. The molecule has 0 amide bonds. The summed E-state index contributed by atoms with van der Waals surface area (Å²) in [6.45, 7) is 6.90. The lowest BCUT2D eigenvalue weighted by molar-refractivity contribution is 0.0902. The molecule has 0 saturated carbocycles. The van der Waals surface area contributed by atoms with Crippen molar-refractivity contribution in [3.8, 4) is 0 Å². The minimum atomic E-state index is -4.06. The molecule has 7 heteroatoms. The van der Waals surface area contributed by atoms with Gasteiger partial charge in [-0.1, -0.05) is 38.5 Å². The van der Waals surface area contributed by atoms with Gasteiger partial charge in [-0.3, -0.25) is 4.99 Å². The first-order valence-electron chi connectivity index (χ1n) is 6.99. The lowest BCUT2D eigenvalue weighted by Gasteiger charge is -2.32. The Hall–Kier alpha value is -1.50. The first-order valence-corrected chi connectivity index (χ1v) is 8.43. The van der Waals surface area contributed by atoms with E-state index in [9.17, 15) is 17.2 Å². The van der Waals surface area contributed by atoms with Gasteiger partial charge in [-0.15, -0.1) is 0 Å². The van der Waals surface area contributed by atoms with E-state index in [1.807, 2.05) is 6.92 Å². The molecule has 0 bridgehead atoms. The third-order valence-corrected chi connectivity index (χ3v) is 5.31. The summed E-state index contributed by atoms with van der Waals surface area (Å²) in [5.41, 5.74) is 0.261. The lowest BCUT2D eigenvalue weighted by atomic mass is 9.95. The van der Waals surface area contributed by atoms with Crippen molar-refractivity contribution >= 4 is 15.9 Å². The Balaban J connectivity index is 2.53. The summed E-state index contributed by atoms with van der Waals surface area (Å²) in [6.07, 6.45) is -2.79. The van der Waals surface area contributed by atoms with Crippen molar-refractivity contribution in [3.05, 3.63) is 29.8 Å². The second kappa shape index (κ2) is 5.61. The van der Waals surface area contributed by atoms with Crippen molar-refractivity contribution in [3.63, 3.8) is 0 Å². The van der Waals surface area contributed by atoms with E-state index in [1.165, 1.54) is 12.1 Å². The van der Waals surface area contributed by atoms with Crippen LogP contribution in [0.4, 0.5) is 8.78 Å². The van der Waals surface area contributed by atoms with E-state index in [0.717, 1.165) is 9.87 Å². The summed E-state index contributed by atoms with van der Waals surface area (Å²) in [5.74, 6) is 0.179. The third kappa shape index (κ3) is 2.99. The zero-order valence-electron chi connectivity index (χ0n) is 13.0. The fourth-order valence-electron chi connectivity index (χ4n) is 2.35. The third-order valence-electron chi connectivity index (χ3n) is 3.48. The molecule has 0 radical (unpaired) electrons. The average Bonchev–Trinajstić information content (AvgIpc) is 2.84. The van der Waals surface area contributed by atoms with Crippen molar-refractivity contribution < 1.29 is 17.2 Å². The Bertz CT molecular complexity index is 676. The molecule has 1 unspecified atom stereocenters. The van der Waals surface area contributed by atoms with Gasteiger partial charge in [0, 0.05) is 5.41 Å². The number of aliphatic imine (C=N–C) groups is 1. The molecule has 122 valence electrons. The van der Waals surface area contributed by atoms with E-state index in [4.69, 9.17) is 0 Å². The van der Waals surface area contributed by atoms with Crippen molar-refractivity contribution in [2.24, 2.45) is 10.4 Å². The Morgan fingerprint density at radius 3 is 2.23 bits per heavy atom. The van der Waals surface area contributed by atoms with E-state index in [1.54, 1.807) is 32.9 Å². The van der Waals surface area contributed by atoms with Gasteiger partial charge < -0.3 is 0 Å². The number of hydrogen-bond acceptors (Lipinski definition) is 3. The molecule has 0 saturated heterocycles. The highest BCUT2D eigenvalue weighted by Crippen LogP contribution is 2.33. The number of alkyl halides is 2. The Morgan fingerprint density at radius 1 is 1.23 bits per heavy atom. The van der Waals surface area contributed by atoms with Crippen LogP contribution in [0.5, 0.6) is 0 Å². The number of amidine groups is 1. The molecule has 0 fully saturated rings. The van der Waals surface area contributed by atoms with Gasteiger partial charge in [0.1, 0.15) is 11.9 Å². The second-order valence-corrected chi connectivity index (χ2v) is 8.24. The van der Waals surface area contributed by atoms with Gasteiger partial charge in [0.25, 0.3) is 16.4 Å². The molecule has 1 heterocycles. The first kappa shape index (κ1) is 16.9. The number of aryl methyl sites for hydroxylation is 1. The molecule has 1 aromatic carbocycles. The van der Waals surface area contributed by atoms with Crippen molar-refractivity contribution in [1.29, 1.82) is 0 Å². The van der Waals surface area contributed by atoms with Gasteiger partial charge in [-0.2, -0.15) is 0 Å². The molecule has 1 aliphatic heterocycles. The van der Waals surface area contributed by atoms with E-state index in [-0.39, 0.29) is 17.3 Å². The molecule has 4 nitrogen and oxygen atoms in total. The number of hydrogen-bond donors (Lipinski definition) is 0. The van der Waals surface area contributed by atoms with Crippen LogP contribution in [0.3, 0.4) is 0 Å². The average molecular weight is 330 g/mol. The predicted molar refractivity (Wildman–Crippen MR) is 81.8 cm³/mol. The minimum absolute atomic E-state index is 0.00241. The van der Waals surface area contributed by atoms with Gasteiger partial charge in [0.15, 0.2) is 0 Å². The quantitative estimate of drug-likeness (QED) is 0.855. The van der Waals surface area contributed by atoms with Gasteiger partial charge in [0.05, 0.1) is 11.4 Å². The van der Waals surface area contributed by atoms with Crippen LogP contribution in [0.25, 0.3) is 0 Å². The summed E-state index contributed by atoms with van der Waals surface area (Å²) in [5, 5.41) is 0. The maximum absolute atomic E-state index is 13.3. The number of halogens is 2. The Kier molecular flexibility index (Phi) is 4.30. The molecule has 1 aromatic rings. The highest BCUT2D eigenvalue weighted by atomic mass is 32.2. The second-order valence-electron chi connectivity index (χ2n) is 6.43. The first-order chi connectivity index (χ1) is 10.0. The highest BCUT2D eigenvalue weighted by molar-refractivity contribution is 7.89. The fourth-order valence-corrected chi connectivity index (χ4v) is 4.13. The van der Waals surface area contributed by atoms with E-state index < -0.39 is 27.9 Å². The molecule has 2 rings (SSSR count). The standard InChI is InChI=1S/C15H20F2N2O2S/c1-10-5-7-11(8-6-10)22(20,21)19-12(13(16)17)9-18-14(19)15(2,3)4/h5-8,12-13H,9H2,1-4H3. The van der Waals surface area contributed by atoms with Crippen molar-refractivity contribution in [2.75, 3.05) is 6.54 Å².